The molecule has 34 heavy (non-hydrogen) atoms. The maximum atomic E-state index is 16.1. The zero-order chi connectivity index (χ0) is 23.6. The molecule has 3 unspecified atom stereocenters. The molecule has 1 aliphatic heterocycles. The van der Waals surface area contributed by atoms with Gasteiger partial charge in [0.2, 0.25) is 0 Å². The predicted molar refractivity (Wildman–Crippen MR) is 128 cm³/mol. The predicted octanol–water partition coefficient (Wildman–Crippen LogP) is 4.22. The number of aryl methyl sites for hydroxylation is 1. The number of anilines is 1. The average Bonchev–Trinajstić information content (AvgIpc) is 3.42. The van der Waals surface area contributed by atoms with Gasteiger partial charge in [-0.25, -0.2) is 4.39 Å². The van der Waals surface area contributed by atoms with Crippen LogP contribution in [0.1, 0.15) is 25.3 Å². The van der Waals surface area contributed by atoms with Crippen molar-refractivity contribution in [3.05, 3.63) is 47.9 Å². The van der Waals surface area contributed by atoms with Crippen molar-refractivity contribution in [3.63, 3.8) is 0 Å². The lowest BCUT2D eigenvalue weighted by Crippen LogP contribution is -2.41. The first-order valence-corrected chi connectivity index (χ1v) is 11.6. The molecule has 7 nitrogen and oxygen atoms in total. The minimum absolute atomic E-state index is 0.0417. The van der Waals surface area contributed by atoms with Crippen molar-refractivity contribution in [1.29, 1.82) is 0 Å². The lowest BCUT2D eigenvalue weighted by atomic mass is 9.95. The highest BCUT2D eigenvalue weighted by Crippen LogP contribution is 2.43. The van der Waals surface area contributed by atoms with Gasteiger partial charge in [-0.15, -0.1) is 0 Å². The highest BCUT2D eigenvalue weighted by Gasteiger charge is 2.45. The molecule has 1 aliphatic carbocycles. The van der Waals surface area contributed by atoms with E-state index in [1.54, 1.807) is 18.3 Å². The van der Waals surface area contributed by atoms with E-state index in [1.807, 2.05) is 30.0 Å². The molecule has 0 spiro atoms. The molecule has 6 rings (SSSR count). The van der Waals surface area contributed by atoms with Crippen LogP contribution in [0.5, 0.6) is 11.8 Å². The van der Waals surface area contributed by atoms with E-state index in [2.05, 4.69) is 15.0 Å². The van der Waals surface area contributed by atoms with Crippen LogP contribution in [0, 0.1) is 11.7 Å². The molecule has 2 bridgehead atoms. The van der Waals surface area contributed by atoms with E-state index in [9.17, 15) is 10.2 Å². The second kappa shape index (κ2) is 7.77. The molecule has 4 aromatic rings. The Morgan fingerprint density at radius 2 is 2.06 bits per heavy atom. The molecule has 0 amide bonds. The molecule has 1 saturated heterocycles. The third-order valence-corrected chi connectivity index (χ3v) is 7.23. The lowest BCUT2D eigenvalue weighted by molar-refractivity contribution is 0.146. The number of piperidine rings is 1. The monoisotopic (exact) mass is 460 g/mol. The first-order chi connectivity index (χ1) is 16.5. The minimum Gasteiger partial charge on any atom is -0.508 e. The molecular weight excluding hydrogens is 435 g/mol. The Morgan fingerprint density at radius 1 is 1.21 bits per heavy atom. The topological polar surface area (TPSA) is 91.6 Å². The van der Waals surface area contributed by atoms with E-state index >= 15 is 4.39 Å². The fourth-order valence-electron chi connectivity index (χ4n) is 5.73. The Bertz CT molecular complexity index is 1440. The van der Waals surface area contributed by atoms with Crippen LogP contribution in [0.2, 0.25) is 0 Å². The van der Waals surface area contributed by atoms with E-state index in [0.29, 0.717) is 22.7 Å². The van der Waals surface area contributed by atoms with Crippen molar-refractivity contribution in [1.82, 2.24) is 15.0 Å². The number of phenols is 1. The van der Waals surface area contributed by atoms with E-state index in [0.717, 1.165) is 42.1 Å². The van der Waals surface area contributed by atoms with Gasteiger partial charge in [0, 0.05) is 18.3 Å². The second-order valence-corrected chi connectivity index (χ2v) is 9.20. The number of methoxy groups -OCH3 is 1. The molecule has 1 saturated carbocycles. The Hall–Kier alpha value is -3.52. The quantitative estimate of drug-likeness (QED) is 0.471. The number of aromatic nitrogens is 3. The van der Waals surface area contributed by atoms with Gasteiger partial charge in [-0.05, 0) is 53.6 Å². The SMILES string of the molecule is CCc1cccc2cc(O)cc(-c3ncc4c(N5CC6CC(O)C5C6)nc(OC)nc4c3F)c12. The summed E-state index contributed by atoms with van der Waals surface area (Å²) in [6.07, 6.45) is 3.58. The Morgan fingerprint density at radius 3 is 2.79 bits per heavy atom. The van der Waals surface area contributed by atoms with Gasteiger partial charge in [-0.3, -0.25) is 4.98 Å². The number of aliphatic hydroxyl groups excluding tert-OH is 1. The maximum Gasteiger partial charge on any atom is 0.318 e. The first kappa shape index (κ1) is 21.0. The van der Waals surface area contributed by atoms with Gasteiger partial charge in [0.15, 0.2) is 5.82 Å². The van der Waals surface area contributed by atoms with Gasteiger partial charge >= 0.3 is 6.01 Å². The summed E-state index contributed by atoms with van der Waals surface area (Å²) >= 11 is 0. The summed E-state index contributed by atoms with van der Waals surface area (Å²) in [6, 6.07) is 9.05. The lowest BCUT2D eigenvalue weighted by Gasteiger charge is -2.32. The van der Waals surface area contributed by atoms with Gasteiger partial charge in [-0.1, -0.05) is 25.1 Å². The third-order valence-electron chi connectivity index (χ3n) is 7.23. The summed E-state index contributed by atoms with van der Waals surface area (Å²) in [7, 11) is 1.45. The Labute approximate surface area is 195 Å². The molecule has 0 radical (unpaired) electrons. The highest BCUT2D eigenvalue weighted by atomic mass is 19.1. The minimum atomic E-state index is -0.595. The smallest absolute Gasteiger partial charge is 0.318 e. The number of nitrogens with zero attached hydrogens (tertiary/aromatic N) is 4. The summed E-state index contributed by atoms with van der Waals surface area (Å²) in [5.74, 6) is 0.363. The van der Waals surface area contributed by atoms with Crippen LogP contribution in [0.3, 0.4) is 0 Å². The molecule has 2 N–H and O–H groups in total. The summed E-state index contributed by atoms with van der Waals surface area (Å²) in [6.45, 7) is 2.79. The normalized spacial score (nSPS) is 21.6. The summed E-state index contributed by atoms with van der Waals surface area (Å²) < 4.78 is 21.5. The van der Waals surface area contributed by atoms with Gasteiger partial charge < -0.3 is 19.8 Å². The van der Waals surface area contributed by atoms with E-state index in [-0.39, 0.29) is 29.0 Å². The number of aromatic hydroxyl groups is 1. The number of aliphatic hydroxyl groups is 1. The fraction of sp³-hybridized carbons (Fsp3) is 0.346. The number of hydrogen-bond donors (Lipinski definition) is 2. The van der Waals surface area contributed by atoms with Crippen molar-refractivity contribution in [2.75, 3.05) is 18.6 Å². The van der Waals surface area contributed by atoms with E-state index in [4.69, 9.17) is 4.74 Å². The molecule has 3 heterocycles. The molecule has 174 valence electrons. The standard InChI is InChI=1S/C26H25FN4O3/c1-3-14-5-4-6-15-9-16(32)10-17(21(14)15)23-22(27)24-18(11-28-23)25(30-26(29-24)34-2)31-12-13-7-19(31)20(33)8-13/h4-6,9-11,13,19-20,32-33H,3,7-8,12H2,1-2H3. The summed E-state index contributed by atoms with van der Waals surface area (Å²) in [5.41, 5.74) is 1.78. The van der Waals surface area contributed by atoms with Crippen LogP contribution in [-0.2, 0) is 6.42 Å². The average molecular weight is 461 g/mol. The van der Waals surface area contributed by atoms with Crippen molar-refractivity contribution in [2.45, 2.75) is 38.3 Å². The zero-order valence-electron chi connectivity index (χ0n) is 19.0. The zero-order valence-corrected chi connectivity index (χ0v) is 19.0. The Balaban J connectivity index is 1.59. The van der Waals surface area contributed by atoms with Crippen LogP contribution in [-0.4, -0.2) is 51.0 Å². The largest absolute Gasteiger partial charge is 0.508 e. The van der Waals surface area contributed by atoms with Crippen LogP contribution >= 0.6 is 0 Å². The van der Waals surface area contributed by atoms with Crippen molar-refractivity contribution in [2.24, 2.45) is 5.92 Å². The number of ether oxygens (including phenoxy) is 1. The molecule has 3 atom stereocenters. The van der Waals surface area contributed by atoms with Crippen LogP contribution < -0.4 is 9.64 Å². The highest BCUT2D eigenvalue weighted by molar-refractivity contribution is 6.01. The van der Waals surface area contributed by atoms with Gasteiger partial charge in [-0.2, -0.15) is 9.97 Å². The third kappa shape index (κ3) is 3.09. The Kier molecular flexibility index (Phi) is 4.81. The molecule has 2 aromatic carbocycles. The van der Waals surface area contributed by atoms with Gasteiger partial charge in [0.05, 0.1) is 24.6 Å². The van der Waals surface area contributed by atoms with Crippen LogP contribution in [0.15, 0.2) is 36.5 Å². The fourth-order valence-corrected chi connectivity index (χ4v) is 5.73. The number of hydrogen-bond acceptors (Lipinski definition) is 7. The number of fused-ring (bicyclic) bond motifs is 4. The van der Waals surface area contributed by atoms with Crippen LogP contribution in [0.25, 0.3) is 32.9 Å². The van der Waals surface area contributed by atoms with E-state index in [1.165, 1.54) is 7.11 Å². The molecule has 2 fully saturated rings. The number of phenolic OH excluding ortho intramolecular Hbond substituents is 1. The number of rotatable bonds is 4. The summed E-state index contributed by atoms with van der Waals surface area (Å²) in [4.78, 5) is 15.4. The number of pyridine rings is 1. The summed E-state index contributed by atoms with van der Waals surface area (Å²) in [5, 5.41) is 23.0. The number of benzene rings is 2. The molecule has 2 aliphatic rings. The molecular formula is C26H25FN4O3. The number of halogens is 1. The maximum absolute atomic E-state index is 16.1. The van der Waals surface area contributed by atoms with E-state index < -0.39 is 11.9 Å². The van der Waals surface area contributed by atoms with Gasteiger partial charge in [0.1, 0.15) is 22.8 Å². The molecule has 8 heteroatoms. The van der Waals surface area contributed by atoms with Crippen molar-refractivity contribution < 1.29 is 19.3 Å². The van der Waals surface area contributed by atoms with Crippen LogP contribution in [0.4, 0.5) is 10.2 Å². The van der Waals surface area contributed by atoms with Crippen molar-refractivity contribution >= 4 is 27.5 Å². The molecule has 2 aromatic heterocycles. The van der Waals surface area contributed by atoms with Gasteiger partial charge in [0.25, 0.3) is 0 Å². The first-order valence-electron chi connectivity index (χ1n) is 11.6. The second-order valence-electron chi connectivity index (χ2n) is 9.20. The van der Waals surface area contributed by atoms with Crippen molar-refractivity contribution in [3.8, 4) is 23.0 Å².